The third-order valence-electron chi connectivity index (χ3n) is 2.85. The SMILES string of the molecule is Cc1cccc(N2CCOCC2)c1NC(N)=S. The lowest BCUT2D eigenvalue weighted by molar-refractivity contribution is 0.123. The fourth-order valence-electron chi connectivity index (χ4n) is 2.01. The molecule has 5 heteroatoms. The largest absolute Gasteiger partial charge is 0.378 e. The third-order valence-corrected chi connectivity index (χ3v) is 2.95. The van der Waals surface area contributed by atoms with Gasteiger partial charge in [-0.2, -0.15) is 0 Å². The standard InChI is InChI=1S/C12H17N3OS/c1-9-3-2-4-10(11(9)14-12(13)17)15-5-7-16-8-6-15/h2-4H,5-8H2,1H3,(H3,13,14,17). The summed E-state index contributed by atoms with van der Waals surface area (Å²) in [6, 6.07) is 6.17. The Hall–Kier alpha value is -1.33. The first-order chi connectivity index (χ1) is 8.18. The average Bonchev–Trinajstić information content (AvgIpc) is 2.32. The van der Waals surface area contributed by atoms with Crippen LogP contribution >= 0.6 is 12.2 Å². The van der Waals surface area contributed by atoms with Crippen LogP contribution in [-0.2, 0) is 4.74 Å². The smallest absolute Gasteiger partial charge is 0.168 e. The van der Waals surface area contributed by atoms with Crippen LogP contribution in [0.3, 0.4) is 0 Å². The van der Waals surface area contributed by atoms with Crippen LogP contribution in [0.25, 0.3) is 0 Å². The number of para-hydroxylation sites is 1. The van der Waals surface area contributed by atoms with E-state index >= 15 is 0 Å². The first kappa shape index (κ1) is 12.1. The van der Waals surface area contributed by atoms with E-state index in [0.717, 1.165) is 43.2 Å². The summed E-state index contributed by atoms with van der Waals surface area (Å²) < 4.78 is 5.36. The molecular weight excluding hydrogens is 234 g/mol. The van der Waals surface area contributed by atoms with Crippen molar-refractivity contribution in [1.82, 2.24) is 0 Å². The highest BCUT2D eigenvalue weighted by Crippen LogP contribution is 2.29. The molecule has 1 heterocycles. The number of hydrogen-bond donors (Lipinski definition) is 2. The van der Waals surface area contributed by atoms with Gasteiger partial charge in [0.15, 0.2) is 5.11 Å². The second-order valence-electron chi connectivity index (χ2n) is 4.06. The normalized spacial score (nSPS) is 15.7. The van der Waals surface area contributed by atoms with Gasteiger partial charge in [0.05, 0.1) is 24.6 Å². The van der Waals surface area contributed by atoms with Crippen molar-refractivity contribution in [3.63, 3.8) is 0 Å². The van der Waals surface area contributed by atoms with Crippen LogP contribution in [0.4, 0.5) is 11.4 Å². The highest BCUT2D eigenvalue weighted by Gasteiger charge is 2.15. The van der Waals surface area contributed by atoms with Gasteiger partial charge in [-0.3, -0.25) is 0 Å². The van der Waals surface area contributed by atoms with Crippen molar-refractivity contribution in [2.24, 2.45) is 5.73 Å². The zero-order valence-corrected chi connectivity index (χ0v) is 10.7. The Morgan fingerprint density at radius 3 is 2.76 bits per heavy atom. The predicted molar refractivity (Wildman–Crippen MR) is 74.6 cm³/mol. The van der Waals surface area contributed by atoms with Gasteiger partial charge in [0.2, 0.25) is 0 Å². The van der Waals surface area contributed by atoms with Gasteiger partial charge in [0.25, 0.3) is 0 Å². The van der Waals surface area contributed by atoms with E-state index < -0.39 is 0 Å². The zero-order chi connectivity index (χ0) is 12.3. The Kier molecular flexibility index (Phi) is 3.81. The van der Waals surface area contributed by atoms with Gasteiger partial charge in [-0.15, -0.1) is 0 Å². The van der Waals surface area contributed by atoms with Crippen LogP contribution in [0, 0.1) is 6.92 Å². The molecule has 0 saturated carbocycles. The number of hydrogen-bond acceptors (Lipinski definition) is 3. The minimum Gasteiger partial charge on any atom is -0.378 e. The fraction of sp³-hybridized carbons (Fsp3) is 0.417. The Morgan fingerprint density at radius 2 is 2.12 bits per heavy atom. The Balaban J connectivity index is 2.30. The molecule has 0 atom stereocenters. The quantitative estimate of drug-likeness (QED) is 0.780. The van der Waals surface area contributed by atoms with Crippen molar-refractivity contribution in [2.45, 2.75) is 6.92 Å². The van der Waals surface area contributed by atoms with Crippen LogP contribution in [0.2, 0.25) is 0 Å². The van der Waals surface area contributed by atoms with Crippen molar-refractivity contribution < 1.29 is 4.74 Å². The summed E-state index contributed by atoms with van der Waals surface area (Å²) in [4.78, 5) is 2.29. The molecule has 1 saturated heterocycles. The van der Waals surface area contributed by atoms with Crippen LogP contribution in [0.15, 0.2) is 18.2 Å². The van der Waals surface area contributed by atoms with E-state index in [1.165, 1.54) is 0 Å². The minimum absolute atomic E-state index is 0.300. The van der Waals surface area contributed by atoms with Crippen molar-refractivity contribution >= 4 is 28.7 Å². The summed E-state index contributed by atoms with van der Waals surface area (Å²) in [7, 11) is 0. The predicted octanol–water partition coefficient (Wildman–Crippen LogP) is 1.49. The number of morpholine rings is 1. The van der Waals surface area contributed by atoms with Crippen molar-refractivity contribution in [3.8, 4) is 0 Å². The van der Waals surface area contributed by atoms with Gasteiger partial charge in [-0.1, -0.05) is 12.1 Å². The summed E-state index contributed by atoms with van der Waals surface area (Å²) >= 11 is 4.92. The lowest BCUT2D eigenvalue weighted by Gasteiger charge is -2.31. The number of nitrogens with one attached hydrogen (secondary N) is 1. The molecule has 0 amide bonds. The first-order valence-electron chi connectivity index (χ1n) is 5.67. The molecule has 0 unspecified atom stereocenters. The molecule has 1 aliphatic heterocycles. The molecule has 1 fully saturated rings. The number of benzene rings is 1. The number of ether oxygens (including phenoxy) is 1. The van der Waals surface area contributed by atoms with E-state index in [0.29, 0.717) is 5.11 Å². The molecule has 1 aromatic rings. The molecule has 1 aromatic carbocycles. The number of nitrogens with zero attached hydrogens (tertiary/aromatic N) is 1. The van der Waals surface area contributed by atoms with Crippen LogP contribution < -0.4 is 16.0 Å². The van der Waals surface area contributed by atoms with Gasteiger partial charge in [-0.05, 0) is 30.8 Å². The molecule has 17 heavy (non-hydrogen) atoms. The summed E-state index contributed by atoms with van der Waals surface area (Å²) in [5.74, 6) is 0. The Morgan fingerprint density at radius 1 is 1.41 bits per heavy atom. The van der Waals surface area contributed by atoms with E-state index in [1.54, 1.807) is 0 Å². The number of thiocarbonyl (C=S) groups is 1. The molecule has 2 rings (SSSR count). The number of rotatable bonds is 2. The topological polar surface area (TPSA) is 50.5 Å². The maximum absolute atomic E-state index is 5.57. The van der Waals surface area contributed by atoms with Crippen LogP contribution in [-0.4, -0.2) is 31.4 Å². The first-order valence-corrected chi connectivity index (χ1v) is 6.08. The molecule has 0 aromatic heterocycles. The molecule has 0 bridgehead atoms. The van der Waals surface area contributed by atoms with Crippen molar-refractivity contribution in [2.75, 3.05) is 36.5 Å². The molecule has 0 spiro atoms. The summed E-state index contributed by atoms with van der Waals surface area (Å²) in [6.07, 6.45) is 0. The highest BCUT2D eigenvalue weighted by molar-refractivity contribution is 7.80. The van der Waals surface area contributed by atoms with E-state index in [2.05, 4.69) is 16.3 Å². The minimum atomic E-state index is 0.300. The monoisotopic (exact) mass is 251 g/mol. The van der Waals surface area contributed by atoms with E-state index in [-0.39, 0.29) is 0 Å². The highest BCUT2D eigenvalue weighted by atomic mass is 32.1. The van der Waals surface area contributed by atoms with E-state index in [9.17, 15) is 0 Å². The van der Waals surface area contributed by atoms with Crippen LogP contribution in [0.5, 0.6) is 0 Å². The van der Waals surface area contributed by atoms with E-state index in [1.807, 2.05) is 19.1 Å². The van der Waals surface area contributed by atoms with Gasteiger partial charge in [0.1, 0.15) is 0 Å². The second kappa shape index (κ2) is 5.33. The van der Waals surface area contributed by atoms with Gasteiger partial charge in [-0.25, -0.2) is 0 Å². The maximum atomic E-state index is 5.57. The fourth-order valence-corrected chi connectivity index (χ4v) is 2.11. The van der Waals surface area contributed by atoms with E-state index in [4.69, 9.17) is 22.7 Å². The molecule has 1 aliphatic rings. The molecular formula is C12H17N3OS. The summed E-state index contributed by atoms with van der Waals surface area (Å²) in [5, 5.41) is 3.37. The molecule has 0 radical (unpaired) electrons. The Bertz CT molecular complexity index is 416. The molecule has 3 N–H and O–H groups in total. The lowest BCUT2D eigenvalue weighted by Crippen LogP contribution is -2.37. The van der Waals surface area contributed by atoms with Crippen molar-refractivity contribution in [3.05, 3.63) is 23.8 Å². The third kappa shape index (κ3) is 2.87. The number of nitrogens with two attached hydrogens (primary N) is 1. The molecule has 4 nitrogen and oxygen atoms in total. The number of aryl methyl sites for hydroxylation is 1. The van der Waals surface area contributed by atoms with Gasteiger partial charge < -0.3 is 20.7 Å². The Labute approximate surface area is 107 Å². The summed E-state index contributed by atoms with van der Waals surface area (Å²) in [6.45, 7) is 5.37. The van der Waals surface area contributed by atoms with Crippen LogP contribution in [0.1, 0.15) is 5.56 Å². The molecule has 92 valence electrons. The zero-order valence-electron chi connectivity index (χ0n) is 9.90. The maximum Gasteiger partial charge on any atom is 0.168 e. The molecule has 0 aliphatic carbocycles. The van der Waals surface area contributed by atoms with Gasteiger partial charge in [0, 0.05) is 13.1 Å². The number of anilines is 2. The average molecular weight is 251 g/mol. The van der Waals surface area contributed by atoms with Crippen molar-refractivity contribution in [1.29, 1.82) is 0 Å². The van der Waals surface area contributed by atoms with Gasteiger partial charge >= 0.3 is 0 Å². The second-order valence-corrected chi connectivity index (χ2v) is 4.50. The lowest BCUT2D eigenvalue weighted by atomic mass is 10.1. The summed E-state index contributed by atoms with van der Waals surface area (Å²) in [5.41, 5.74) is 8.85.